The van der Waals surface area contributed by atoms with Gasteiger partial charge >= 0.3 is 5.97 Å². The van der Waals surface area contributed by atoms with Crippen LogP contribution in [0.25, 0.3) is 6.08 Å². The molecule has 0 saturated carbocycles. The highest BCUT2D eigenvalue weighted by molar-refractivity contribution is 7.07. The molecule has 0 radical (unpaired) electrons. The molecule has 1 aliphatic rings. The quantitative estimate of drug-likeness (QED) is 0.295. The first-order chi connectivity index (χ1) is 19.4. The highest BCUT2D eigenvalue weighted by Gasteiger charge is 2.33. The fourth-order valence-corrected chi connectivity index (χ4v) is 5.72. The van der Waals surface area contributed by atoms with Crippen LogP contribution in [0.1, 0.15) is 41.6 Å². The number of esters is 1. The Balaban J connectivity index is 1.55. The van der Waals surface area contributed by atoms with Crippen LogP contribution >= 0.6 is 11.3 Å². The number of ether oxygens (including phenoxy) is 3. The van der Waals surface area contributed by atoms with Gasteiger partial charge in [0.05, 0.1) is 36.1 Å². The normalized spacial score (nSPS) is 14.9. The first-order valence-electron chi connectivity index (χ1n) is 13.0. The summed E-state index contributed by atoms with van der Waals surface area (Å²) in [6.45, 7) is 4.40. The summed E-state index contributed by atoms with van der Waals surface area (Å²) in [5, 5.41) is 0. The second-order valence-corrected chi connectivity index (χ2v) is 10.4. The average Bonchev–Trinajstić information content (AvgIpc) is 3.30. The molecule has 0 aliphatic carbocycles. The second kappa shape index (κ2) is 11.8. The van der Waals surface area contributed by atoms with Crippen molar-refractivity contribution in [3.8, 4) is 11.5 Å². The molecule has 7 nitrogen and oxygen atoms in total. The van der Waals surface area contributed by atoms with Crippen LogP contribution in [-0.4, -0.2) is 24.8 Å². The summed E-state index contributed by atoms with van der Waals surface area (Å²) >= 11 is 1.29. The molecule has 0 spiro atoms. The van der Waals surface area contributed by atoms with Crippen molar-refractivity contribution in [2.75, 3.05) is 14.2 Å². The number of hydrogen-bond acceptors (Lipinski definition) is 7. The predicted octanol–water partition coefficient (Wildman–Crippen LogP) is 4.69. The predicted molar refractivity (Wildman–Crippen MR) is 155 cm³/mol. The largest absolute Gasteiger partial charge is 0.493 e. The molecule has 1 atom stereocenters. The van der Waals surface area contributed by atoms with Crippen molar-refractivity contribution in [1.82, 2.24) is 4.57 Å². The monoisotopic (exact) mass is 554 g/mol. The van der Waals surface area contributed by atoms with Gasteiger partial charge in [-0.3, -0.25) is 9.36 Å². The van der Waals surface area contributed by atoms with Gasteiger partial charge in [0.15, 0.2) is 16.3 Å². The lowest BCUT2D eigenvalue weighted by Crippen LogP contribution is -2.40. The van der Waals surface area contributed by atoms with E-state index in [1.807, 2.05) is 80.6 Å². The van der Waals surface area contributed by atoms with E-state index in [0.29, 0.717) is 45.1 Å². The first-order valence-corrected chi connectivity index (χ1v) is 13.8. The third-order valence-corrected chi connectivity index (χ3v) is 7.75. The molecule has 0 unspecified atom stereocenters. The van der Waals surface area contributed by atoms with Gasteiger partial charge in [0.25, 0.3) is 5.56 Å². The Hall–Kier alpha value is -4.43. The number of hydrogen-bond donors (Lipinski definition) is 0. The zero-order valence-electron chi connectivity index (χ0n) is 22.8. The molecule has 0 fully saturated rings. The number of fused-ring (bicyclic) bond motifs is 1. The van der Waals surface area contributed by atoms with Crippen LogP contribution in [0.2, 0.25) is 0 Å². The number of thiazole rings is 1. The van der Waals surface area contributed by atoms with Crippen molar-refractivity contribution in [3.05, 3.63) is 126 Å². The molecule has 204 valence electrons. The van der Waals surface area contributed by atoms with E-state index in [-0.39, 0.29) is 5.56 Å². The van der Waals surface area contributed by atoms with Gasteiger partial charge in [0.2, 0.25) is 0 Å². The number of aromatic nitrogens is 1. The van der Waals surface area contributed by atoms with Crippen LogP contribution in [0.5, 0.6) is 11.5 Å². The van der Waals surface area contributed by atoms with Crippen molar-refractivity contribution in [1.29, 1.82) is 0 Å². The molecule has 0 amide bonds. The fraction of sp³-hybridized carbons (Fsp3) is 0.219. The Morgan fingerprint density at radius 1 is 1.02 bits per heavy atom. The summed E-state index contributed by atoms with van der Waals surface area (Å²) in [5.41, 5.74) is 4.62. The molecule has 0 N–H and O–H groups in total. The van der Waals surface area contributed by atoms with Crippen LogP contribution in [0.15, 0.2) is 93.9 Å². The number of carbonyl (C=O) groups excluding carboxylic acids is 1. The third-order valence-electron chi connectivity index (χ3n) is 6.77. The minimum atomic E-state index is -0.630. The molecule has 3 aromatic carbocycles. The van der Waals surface area contributed by atoms with Crippen LogP contribution in [0, 0.1) is 6.92 Å². The molecule has 4 aromatic rings. The minimum absolute atomic E-state index is 0.229. The van der Waals surface area contributed by atoms with Crippen molar-refractivity contribution in [2.45, 2.75) is 32.9 Å². The maximum Gasteiger partial charge on any atom is 0.338 e. The SMILES string of the molecule is CCC1=C(C(=O)OC)[C@H](c2ccccc2)n2c(s/c(=C\c3ccc(OCc4ccc(C)cc4)c(OC)c3)c2=O)=N1. The molecule has 5 rings (SSSR count). The highest BCUT2D eigenvalue weighted by Crippen LogP contribution is 2.32. The number of methoxy groups -OCH3 is 2. The zero-order valence-corrected chi connectivity index (χ0v) is 23.7. The molecule has 1 aliphatic heterocycles. The van der Waals surface area contributed by atoms with Crippen molar-refractivity contribution >= 4 is 23.4 Å². The van der Waals surface area contributed by atoms with Gasteiger partial charge in [-0.1, -0.05) is 84.5 Å². The summed E-state index contributed by atoms with van der Waals surface area (Å²) in [4.78, 5) is 32.0. The number of allylic oxidation sites excluding steroid dienone is 1. The third kappa shape index (κ3) is 5.35. The van der Waals surface area contributed by atoms with Crippen LogP contribution in [0.3, 0.4) is 0 Å². The number of aryl methyl sites for hydroxylation is 1. The number of nitrogens with zero attached hydrogens (tertiary/aromatic N) is 2. The Morgan fingerprint density at radius 2 is 1.77 bits per heavy atom. The second-order valence-electron chi connectivity index (χ2n) is 9.38. The van der Waals surface area contributed by atoms with E-state index in [9.17, 15) is 9.59 Å². The highest BCUT2D eigenvalue weighted by atomic mass is 32.1. The van der Waals surface area contributed by atoms with E-state index in [1.54, 1.807) is 11.7 Å². The van der Waals surface area contributed by atoms with E-state index in [4.69, 9.17) is 19.2 Å². The van der Waals surface area contributed by atoms with Crippen molar-refractivity contribution in [2.24, 2.45) is 4.99 Å². The zero-order chi connectivity index (χ0) is 28.2. The molecule has 0 saturated heterocycles. The maximum atomic E-state index is 13.8. The van der Waals surface area contributed by atoms with E-state index in [2.05, 4.69) is 12.1 Å². The van der Waals surface area contributed by atoms with Gasteiger partial charge in [-0.25, -0.2) is 9.79 Å². The number of benzene rings is 3. The lowest BCUT2D eigenvalue weighted by atomic mass is 9.95. The summed E-state index contributed by atoms with van der Waals surface area (Å²) in [7, 11) is 2.93. The van der Waals surface area contributed by atoms with Gasteiger partial charge in [0, 0.05) is 0 Å². The summed E-state index contributed by atoms with van der Waals surface area (Å²) in [6.07, 6.45) is 2.34. The summed E-state index contributed by atoms with van der Waals surface area (Å²) in [6, 6.07) is 22.6. The summed E-state index contributed by atoms with van der Waals surface area (Å²) in [5.74, 6) is 0.688. The van der Waals surface area contributed by atoms with Crippen molar-refractivity contribution in [3.63, 3.8) is 0 Å². The van der Waals surface area contributed by atoms with E-state index in [0.717, 1.165) is 16.7 Å². The Morgan fingerprint density at radius 3 is 2.45 bits per heavy atom. The Labute approximate surface area is 236 Å². The molecular weight excluding hydrogens is 524 g/mol. The minimum Gasteiger partial charge on any atom is -0.493 e. The lowest BCUT2D eigenvalue weighted by molar-refractivity contribution is -0.136. The molecule has 8 heteroatoms. The van der Waals surface area contributed by atoms with E-state index < -0.39 is 12.0 Å². The smallest absolute Gasteiger partial charge is 0.338 e. The van der Waals surface area contributed by atoms with Crippen LogP contribution < -0.4 is 24.4 Å². The fourth-order valence-electron chi connectivity index (χ4n) is 4.70. The molecule has 1 aromatic heterocycles. The van der Waals surface area contributed by atoms with Crippen LogP contribution in [-0.2, 0) is 16.1 Å². The molecule has 40 heavy (non-hydrogen) atoms. The van der Waals surface area contributed by atoms with Gasteiger partial charge in [-0.05, 0) is 48.2 Å². The molecular formula is C32H30N2O5S. The van der Waals surface area contributed by atoms with Gasteiger partial charge in [-0.2, -0.15) is 0 Å². The number of carbonyl (C=O) groups is 1. The first kappa shape index (κ1) is 27.1. The van der Waals surface area contributed by atoms with Crippen molar-refractivity contribution < 1.29 is 19.0 Å². The van der Waals surface area contributed by atoms with Gasteiger partial charge in [-0.15, -0.1) is 0 Å². The Kier molecular flexibility index (Phi) is 7.98. The Bertz CT molecular complexity index is 1750. The number of rotatable bonds is 8. The maximum absolute atomic E-state index is 13.8. The topological polar surface area (TPSA) is 79.1 Å². The molecule has 0 bridgehead atoms. The van der Waals surface area contributed by atoms with Gasteiger partial charge < -0.3 is 14.2 Å². The van der Waals surface area contributed by atoms with Crippen LogP contribution in [0.4, 0.5) is 0 Å². The molecule has 2 heterocycles. The van der Waals surface area contributed by atoms with Gasteiger partial charge in [0.1, 0.15) is 6.61 Å². The lowest BCUT2D eigenvalue weighted by Gasteiger charge is -2.25. The standard InChI is InChI=1S/C32H30N2O5S/c1-5-24-28(31(36)38-4)29(23-9-7-6-8-10-23)34-30(35)27(40-32(34)33-24)18-22-15-16-25(26(17-22)37-3)39-19-21-13-11-20(2)12-14-21/h6-18,29H,5,19H2,1-4H3/b27-18-/t29-/m0/s1. The average molecular weight is 555 g/mol. The van der Waals surface area contributed by atoms with E-state index >= 15 is 0 Å². The summed E-state index contributed by atoms with van der Waals surface area (Å²) < 4.78 is 18.8. The van der Waals surface area contributed by atoms with E-state index in [1.165, 1.54) is 24.0 Å².